The number of anilines is 1. The first kappa shape index (κ1) is 12.1. The van der Waals surface area contributed by atoms with E-state index in [-0.39, 0.29) is 18.9 Å². The predicted octanol–water partition coefficient (Wildman–Crippen LogP) is -0.0433. The van der Waals surface area contributed by atoms with E-state index in [9.17, 15) is 13.2 Å². The normalized spacial score (nSPS) is 20.4. The number of nitrogens with two attached hydrogens (primary N) is 1. The monoisotopic (exact) mass is 280 g/mol. The average molecular weight is 280 g/mol. The van der Waals surface area contributed by atoms with Crippen molar-refractivity contribution < 1.29 is 13.2 Å². The highest BCUT2D eigenvalue weighted by atomic mass is 32.2. The fourth-order valence-corrected chi connectivity index (χ4v) is 3.05. The van der Waals surface area contributed by atoms with Crippen LogP contribution in [0.15, 0.2) is 24.4 Å². The van der Waals surface area contributed by atoms with Crippen molar-refractivity contribution in [3.05, 3.63) is 24.4 Å². The number of nitrogens with one attached hydrogen (secondary N) is 1. The van der Waals surface area contributed by atoms with E-state index in [1.54, 1.807) is 18.3 Å². The number of sulfonamides is 1. The van der Waals surface area contributed by atoms with Crippen LogP contribution < -0.4 is 10.0 Å². The number of hydrogen-bond donors (Lipinski definition) is 2. The summed E-state index contributed by atoms with van der Waals surface area (Å²) in [5.41, 5.74) is 1.45. The lowest BCUT2D eigenvalue weighted by atomic mass is 10.2. The molecule has 1 aromatic heterocycles. The van der Waals surface area contributed by atoms with E-state index in [2.05, 4.69) is 10.2 Å². The first-order valence-corrected chi connectivity index (χ1v) is 7.32. The smallest absolute Gasteiger partial charge is 0.228 e. The van der Waals surface area contributed by atoms with Gasteiger partial charge in [0, 0.05) is 18.4 Å². The van der Waals surface area contributed by atoms with Gasteiger partial charge in [0.15, 0.2) is 0 Å². The van der Waals surface area contributed by atoms with E-state index in [0.717, 1.165) is 10.9 Å². The lowest BCUT2D eigenvalue weighted by Gasteiger charge is -2.17. The summed E-state index contributed by atoms with van der Waals surface area (Å²) < 4.78 is 22.7. The van der Waals surface area contributed by atoms with E-state index >= 15 is 0 Å². The van der Waals surface area contributed by atoms with Gasteiger partial charge in [0.2, 0.25) is 15.9 Å². The Morgan fingerprint density at radius 1 is 1.42 bits per heavy atom. The summed E-state index contributed by atoms with van der Waals surface area (Å²) in [5, 5.41) is 11.8. The summed E-state index contributed by atoms with van der Waals surface area (Å²) in [7, 11) is -3.70. The molecule has 19 heavy (non-hydrogen) atoms. The van der Waals surface area contributed by atoms with Crippen LogP contribution in [-0.4, -0.2) is 36.3 Å². The van der Waals surface area contributed by atoms with Crippen molar-refractivity contribution in [3.8, 4) is 0 Å². The Morgan fingerprint density at radius 2 is 2.21 bits per heavy atom. The molecule has 1 unspecified atom stereocenters. The van der Waals surface area contributed by atoms with Crippen LogP contribution in [0.1, 0.15) is 6.42 Å². The molecule has 1 aliphatic rings. The van der Waals surface area contributed by atoms with Crippen LogP contribution in [0.3, 0.4) is 0 Å². The van der Waals surface area contributed by atoms with Crippen LogP contribution in [0.2, 0.25) is 0 Å². The number of nitrogens with zero attached hydrogens (tertiary/aromatic N) is 2. The Morgan fingerprint density at radius 3 is 2.89 bits per heavy atom. The van der Waals surface area contributed by atoms with Crippen molar-refractivity contribution in [2.45, 2.75) is 11.7 Å². The van der Waals surface area contributed by atoms with Gasteiger partial charge in [-0.3, -0.25) is 9.89 Å². The molecule has 2 aromatic rings. The molecule has 0 saturated carbocycles. The Labute approximate surface area is 109 Å². The maximum absolute atomic E-state index is 12.0. The number of aromatic nitrogens is 2. The van der Waals surface area contributed by atoms with Gasteiger partial charge < -0.3 is 4.90 Å². The predicted molar refractivity (Wildman–Crippen MR) is 70.0 cm³/mol. The molecule has 0 radical (unpaired) electrons. The molecule has 0 aliphatic carbocycles. The maximum Gasteiger partial charge on any atom is 0.228 e. The number of rotatable bonds is 2. The minimum atomic E-state index is -3.70. The van der Waals surface area contributed by atoms with Crippen molar-refractivity contribution in [3.63, 3.8) is 0 Å². The number of benzene rings is 1. The zero-order valence-electron chi connectivity index (χ0n) is 9.91. The maximum atomic E-state index is 12.0. The number of primary sulfonamides is 1. The van der Waals surface area contributed by atoms with Gasteiger partial charge in [-0.2, -0.15) is 5.10 Å². The molecule has 1 atom stereocenters. The fraction of sp³-hybridized carbons (Fsp3) is 0.273. The summed E-state index contributed by atoms with van der Waals surface area (Å²) >= 11 is 0. The minimum Gasteiger partial charge on any atom is -0.310 e. The van der Waals surface area contributed by atoms with Crippen molar-refractivity contribution in [2.24, 2.45) is 5.14 Å². The summed E-state index contributed by atoms with van der Waals surface area (Å²) in [6, 6.07) is 5.39. The van der Waals surface area contributed by atoms with Crippen molar-refractivity contribution in [2.75, 3.05) is 11.4 Å². The molecule has 8 heteroatoms. The average Bonchev–Trinajstić information content (AvgIpc) is 2.93. The Bertz CT molecular complexity index is 752. The van der Waals surface area contributed by atoms with Gasteiger partial charge in [0.05, 0.1) is 17.4 Å². The number of hydrogen-bond acceptors (Lipinski definition) is 4. The van der Waals surface area contributed by atoms with Crippen molar-refractivity contribution in [1.29, 1.82) is 0 Å². The Kier molecular flexibility index (Phi) is 2.58. The van der Waals surface area contributed by atoms with Crippen LogP contribution in [-0.2, 0) is 14.8 Å². The van der Waals surface area contributed by atoms with Crippen molar-refractivity contribution >= 4 is 32.5 Å². The van der Waals surface area contributed by atoms with E-state index in [4.69, 9.17) is 5.14 Å². The summed E-state index contributed by atoms with van der Waals surface area (Å²) in [6.07, 6.45) is 1.54. The minimum absolute atomic E-state index is 0.0763. The number of carbonyl (C=O) groups excluding carboxylic acids is 1. The first-order valence-electron chi connectivity index (χ1n) is 5.71. The molecule has 0 bridgehead atoms. The molecule has 1 aliphatic heterocycles. The third kappa shape index (κ3) is 1.98. The highest BCUT2D eigenvalue weighted by Gasteiger charge is 2.37. The third-order valence-corrected chi connectivity index (χ3v) is 4.55. The largest absolute Gasteiger partial charge is 0.310 e. The highest BCUT2D eigenvalue weighted by molar-refractivity contribution is 7.89. The SMILES string of the molecule is NS(=O)(=O)C1CC(=O)N(c2cccc3[nH]ncc23)C1. The molecule has 1 saturated heterocycles. The second kappa shape index (κ2) is 4.04. The molecular formula is C11H12N4O3S. The van der Waals surface area contributed by atoms with Crippen molar-refractivity contribution in [1.82, 2.24) is 10.2 Å². The summed E-state index contributed by atoms with van der Waals surface area (Å²) in [5.74, 6) is -0.243. The van der Waals surface area contributed by atoms with Gasteiger partial charge in [0.25, 0.3) is 0 Å². The summed E-state index contributed by atoms with van der Waals surface area (Å²) in [4.78, 5) is 13.4. The molecule has 7 nitrogen and oxygen atoms in total. The van der Waals surface area contributed by atoms with Crippen LogP contribution in [0.4, 0.5) is 5.69 Å². The van der Waals surface area contributed by atoms with Gasteiger partial charge >= 0.3 is 0 Å². The third-order valence-electron chi connectivity index (χ3n) is 3.31. The molecule has 1 amide bonds. The zero-order chi connectivity index (χ0) is 13.6. The van der Waals surface area contributed by atoms with E-state index < -0.39 is 15.3 Å². The second-order valence-electron chi connectivity index (χ2n) is 4.53. The topological polar surface area (TPSA) is 109 Å². The molecule has 100 valence electrons. The number of H-pyrrole nitrogens is 1. The quantitative estimate of drug-likeness (QED) is 0.804. The molecule has 3 rings (SSSR count). The van der Waals surface area contributed by atoms with Gasteiger partial charge in [-0.1, -0.05) is 6.07 Å². The molecule has 2 heterocycles. The van der Waals surface area contributed by atoms with Gasteiger partial charge in [-0.05, 0) is 12.1 Å². The standard InChI is InChI=1S/C11H12N4O3S/c12-19(17,18)7-4-11(16)15(6-7)10-3-1-2-9-8(10)5-13-14-9/h1-3,5,7H,4,6H2,(H,13,14)(H2,12,17,18). The van der Waals surface area contributed by atoms with Crippen LogP contribution in [0.5, 0.6) is 0 Å². The van der Waals surface area contributed by atoms with Crippen LogP contribution in [0, 0.1) is 0 Å². The fourth-order valence-electron chi connectivity index (χ4n) is 2.32. The lowest BCUT2D eigenvalue weighted by Crippen LogP contribution is -2.32. The van der Waals surface area contributed by atoms with E-state index in [0.29, 0.717) is 5.69 Å². The summed E-state index contributed by atoms with van der Waals surface area (Å²) in [6.45, 7) is 0.0853. The Hall–Kier alpha value is -1.93. The number of carbonyl (C=O) groups is 1. The molecule has 3 N–H and O–H groups in total. The Balaban J connectivity index is 2.04. The highest BCUT2D eigenvalue weighted by Crippen LogP contribution is 2.30. The number of fused-ring (bicyclic) bond motifs is 1. The van der Waals surface area contributed by atoms with E-state index in [1.165, 1.54) is 4.90 Å². The number of aromatic amines is 1. The molecular weight excluding hydrogens is 268 g/mol. The molecule has 1 aromatic carbocycles. The lowest BCUT2D eigenvalue weighted by molar-refractivity contribution is -0.117. The van der Waals surface area contributed by atoms with Crippen LogP contribution >= 0.6 is 0 Å². The zero-order valence-corrected chi connectivity index (χ0v) is 10.7. The number of amides is 1. The second-order valence-corrected chi connectivity index (χ2v) is 6.37. The van der Waals surface area contributed by atoms with Crippen LogP contribution in [0.25, 0.3) is 10.9 Å². The first-order chi connectivity index (χ1) is 8.97. The van der Waals surface area contributed by atoms with Gasteiger partial charge in [-0.25, -0.2) is 13.6 Å². The van der Waals surface area contributed by atoms with E-state index in [1.807, 2.05) is 6.07 Å². The van der Waals surface area contributed by atoms with Gasteiger partial charge in [0.1, 0.15) is 5.25 Å². The molecule has 0 spiro atoms. The van der Waals surface area contributed by atoms with Gasteiger partial charge in [-0.15, -0.1) is 0 Å². The molecule has 1 fully saturated rings.